The van der Waals surface area contributed by atoms with Crippen molar-refractivity contribution in [2.45, 2.75) is 5.22 Å². The highest BCUT2D eigenvalue weighted by atomic mass is 32.2. The van der Waals surface area contributed by atoms with Gasteiger partial charge in [0.2, 0.25) is 11.8 Å². The van der Waals surface area contributed by atoms with Gasteiger partial charge in [0, 0.05) is 17.3 Å². The number of rotatable bonds is 5. The van der Waals surface area contributed by atoms with E-state index in [1.807, 2.05) is 42.5 Å². The van der Waals surface area contributed by atoms with Gasteiger partial charge in [-0.3, -0.25) is 4.79 Å². The zero-order valence-corrected chi connectivity index (χ0v) is 14.9. The maximum absolute atomic E-state index is 12.0. The minimum Gasteiger partial charge on any atom is -0.508 e. The van der Waals surface area contributed by atoms with Gasteiger partial charge in [0.05, 0.1) is 5.75 Å². The third-order valence-electron chi connectivity index (χ3n) is 3.86. The number of fused-ring (bicyclic) bond motifs is 1. The number of benzene rings is 3. The highest BCUT2D eigenvalue weighted by Gasteiger charge is 2.12. The van der Waals surface area contributed by atoms with E-state index in [-0.39, 0.29) is 17.4 Å². The Bertz CT molecular complexity index is 1110. The van der Waals surface area contributed by atoms with Gasteiger partial charge in [-0.1, -0.05) is 48.2 Å². The summed E-state index contributed by atoms with van der Waals surface area (Å²) < 4.78 is 5.66. The molecule has 2 N–H and O–H groups in total. The molecule has 3 aromatic carbocycles. The maximum Gasteiger partial charge on any atom is 0.277 e. The third-order valence-corrected chi connectivity index (χ3v) is 4.68. The Labute approximate surface area is 159 Å². The molecule has 0 bridgehead atoms. The Morgan fingerprint density at radius 3 is 2.70 bits per heavy atom. The molecular weight excluding hydrogens is 362 g/mol. The van der Waals surface area contributed by atoms with Crippen LogP contribution in [-0.2, 0) is 4.79 Å². The molecule has 0 saturated carbocycles. The van der Waals surface area contributed by atoms with E-state index in [1.165, 1.54) is 12.1 Å². The number of carbonyl (C=O) groups is 1. The summed E-state index contributed by atoms with van der Waals surface area (Å²) in [6.45, 7) is 0. The highest BCUT2D eigenvalue weighted by Crippen LogP contribution is 2.26. The molecule has 1 heterocycles. The van der Waals surface area contributed by atoms with Crippen molar-refractivity contribution >= 4 is 34.1 Å². The van der Waals surface area contributed by atoms with Gasteiger partial charge in [0.15, 0.2) is 0 Å². The molecular formula is C20H15N3O3S. The number of nitrogens with zero attached hydrogens (tertiary/aromatic N) is 2. The van der Waals surface area contributed by atoms with Gasteiger partial charge < -0.3 is 14.8 Å². The normalized spacial score (nSPS) is 10.8. The number of nitrogens with one attached hydrogen (secondary N) is 1. The van der Waals surface area contributed by atoms with Crippen LogP contribution >= 0.6 is 11.8 Å². The third kappa shape index (κ3) is 4.09. The van der Waals surface area contributed by atoms with Crippen LogP contribution in [0.4, 0.5) is 5.69 Å². The zero-order chi connectivity index (χ0) is 18.6. The van der Waals surface area contributed by atoms with Crippen molar-refractivity contribution in [3.05, 3.63) is 66.7 Å². The van der Waals surface area contributed by atoms with Crippen LogP contribution < -0.4 is 5.32 Å². The quantitative estimate of drug-likeness (QED) is 0.504. The second-order valence-electron chi connectivity index (χ2n) is 5.82. The van der Waals surface area contributed by atoms with Crippen molar-refractivity contribution in [1.29, 1.82) is 0 Å². The van der Waals surface area contributed by atoms with Crippen LogP contribution in [0.5, 0.6) is 5.75 Å². The maximum atomic E-state index is 12.0. The smallest absolute Gasteiger partial charge is 0.277 e. The van der Waals surface area contributed by atoms with Gasteiger partial charge in [-0.25, -0.2) is 0 Å². The van der Waals surface area contributed by atoms with Crippen molar-refractivity contribution in [1.82, 2.24) is 10.2 Å². The van der Waals surface area contributed by atoms with Crippen molar-refractivity contribution in [3.63, 3.8) is 0 Å². The van der Waals surface area contributed by atoms with E-state index in [4.69, 9.17) is 4.42 Å². The van der Waals surface area contributed by atoms with Crippen molar-refractivity contribution in [2.75, 3.05) is 11.1 Å². The zero-order valence-electron chi connectivity index (χ0n) is 14.1. The van der Waals surface area contributed by atoms with Crippen LogP contribution in [0.25, 0.3) is 22.2 Å². The molecule has 6 nitrogen and oxygen atoms in total. The van der Waals surface area contributed by atoms with E-state index in [9.17, 15) is 9.90 Å². The fraction of sp³-hybridized carbons (Fsp3) is 0.0500. The fourth-order valence-corrected chi connectivity index (χ4v) is 3.18. The lowest BCUT2D eigenvalue weighted by atomic mass is 10.1. The lowest BCUT2D eigenvalue weighted by Crippen LogP contribution is -2.13. The van der Waals surface area contributed by atoms with Gasteiger partial charge in [-0.05, 0) is 35.0 Å². The van der Waals surface area contributed by atoms with E-state index in [1.54, 1.807) is 12.1 Å². The number of phenols is 1. The molecule has 7 heteroatoms. The number of aromatic nitrogens is 2. The minimum atomic E-state index is -0.226. The summed E-state index contributed by atoms with van der Waals surface area (Å²) in [5.41, 5.74) is 1.36. The van der Waals surface area contributed by atoms with Crippen LogP contribution in [-0.4, -0.2) is 27.0 Å². The van der Waals surface area contributed by atoms with Crippen LogP contribution in [0.2, 0.25) is 0 Å². The molecule has 0 aliphatic carbocycles. The van der Waals surface area contributed by atoms with E-state index >= 15 is 0 Å². The number of amides is 1. The Hall–Kier alpha value is -3.32. The summed E-state index contributed by atoms with van der Waals surface area (Å²) in [6.07, 6.45) is 0. The Morgan fingerprint density at radius 1 is 1.00 bits per heavy atom. The van der Waals surface area contributed by atoms with Gasteiger partial charge in [0.1, 0.15) is 5.75 Å². The predicted molar refractivity (Wildman–Crippen MR) is 105 cm³/mol. The van der Waals surface area contributed by atoms with Crippen LogP contribution in [0, 0.1) is 0 Å². The highest BCUT2D eigenvalue weighted by molar-refractivity contribution is 7.99. The Kier molecular flexibility index (Phi) is 4.76. The molecule has 1 aromatic heterocycles. The summed E-state index contributed by atoms with van der Waals surface area (Å²) in [5, 5.41) is 22.7. The first-order valence-electron chi connectivity index (χ1n) is 8.22. The fourth-order valence-electron chi connectivity index (χ4n) is 2.62. The monoisotopic (exact) mass is 377 g/mol. The van der Waals surface area contributed by atoms with E-state index in [0.29, 0.717) is 16.8 Å². The largest absolute Gasteiger partial charge is 0.508 e. The van der Waals surface area contributed by atoms with Gasteiger partial charge >= 0.3 is 0 Å². The standard InChI is InChI=1S/C20H15N3O3S/c24-17-7-3-6-16(11-17)21-18(25)12-27-20-23-22-19(26-20)15-9-8-13-4-1-2-5-14(13)10-15/h1-11,24H,12H2,(H,21,25). The van der Waals surface area contributed by atoms with E-state index < -0.39 is 0 Å². The first-order chi connectivity index (χ1) is 13.2. The molecule has 0 aliphatic heterocycles. The summed E-state index contributed by atoms with van der Waals surface area (Å²) >= 11 is 1.16. The summed E-state index contributed by atoms with van der Waals surface area (Å²) in [4.78, 5) is 12.0. The van der Waals surface area contributed by atoms with Crippen molar-refractivity contribution < 1.29 is 14.3 Å². The first kappa shape index (κ1) is 17.1. The summed E-state index contributed by atoms with van der Waals surface area (Å²) in [7, 11) is 0. The van der Waals surface area contributed by atoms with Crippen molar-refractivity contribution in [2.24, 2.45) is 0 Å². The van der Waals surface area contributed by atoms with Gasteiger partial charge in [-0.15, -0.1) is 10.2 Å². The summed E-state index contributed by atoms with van der Waals surface area (Å²) in [6, 6.07) is 20.3. The molecule has 0 radical (unpaired) electrons. The number of aromatic hydroxyl groups is 1. The summed E-state index contributed by atoms with van der Waals surface area (Å²) in [5.74, 6) is 0.403. The molecule has 0 fully saturated rings. The second-order valence-corrected chi connectivity index (χ2v) is 6.75. The first-order valence-corrected chi connectivity index (χ1v) is 9.20. The molecule has 0 aliphatic rings. The van der Waals surface area contributed by atoms with Crippen molar-refractivity contribution in [3.8, 4) is 17.2 Å². The molecule has 4 aromatic rings. The number of hydrogen-bond acceptors (Lipinski definition) is 6. The molecule has 0 spiro atoms. The number of thioether (sulfide) groups is 1. The SMILES string of the molecule is O=C(CSc1nnc(-c2ccc3ccccc3c2)o1)Nc1cccc(O)c1. The number of hydrogen-bond donors (Lipinski definition) is 2. The van der Waals surface area contributed by atoms with E-state index in [2.05, 4.69) is 15.5 Å². The molecule has 0 unspecified atom stereocenters. The number of carbonyl (C=O) groups excluding carboxylic acids is 1. The Morgan fingerprint density at radius 2 is 1.85 bits per heavy atom. The van der Waals surface area contributed by atoms with Crippen LogP contribution in [0.1, 0.15) is 0 Å². The molecule has 0 saturated heterocycles. The topological polar surface area (TPSA) is 88.2 Å². The lowest BCUT2D eigenvalue weighted by Gasteiger charge is -2.04. The molecule has 0 atom stereocenters. The average Bonchev–Trinajstić information content (AvgIpc) is 3.15. The number of anilines is 1. The molecule has 1 amide bonds. The number of phenolic OH excluding ortho intramolecular Hbond substituents is 1. The van der Waals surface area contributed by atoms with E-state index in [0.717, 1.165) is 28.1 Å². The average molecular weight is 377 g/mol. The van der Waals surface area contributed by atoms with Gasteiger partial charge in [0.25, 0.3) is 5.22 Å². The van der Waals surface area contributed by atoms with Gasteiger partial charge in [-0.2, -0.15) is 0 Å². The molecule has 134 valence electrons. The lowest BCUT2D eigenvalue weighted by molar-refractivity contribution is -0.113. The minimum absolute atomic E-state index is 0.0948. The predicted octanol–water partition coefficient (Wildman–Crippen LogP) is 4.33. The Balaban J connectivity index is 1.41. The second kappa shape index (κ2) is 7.51. The van der Waals surface area contributed by atoms with Crippen LogP contribution in [0.3, 0.4) is 0 Å². The molecule has 4 rings (SSSR count). The van der Waals surface area contributed by atoms with Crippen LogP contribution in [0.15, 0.2) is 76.4 Å². The molecule has 27 heavy (non-hydrogen) atoms.